The SMILES string of the molecule is CC1CN(S(=O)(=O)c2ncccc2F)CC(C)N1. The maximum atomic E-state index is 13.6. The molecule has 5 nitrogen and oxygen atoms in total. The van der Waals surface area contributed by atoms with Crippen LogP contribution in [0.2, 0.25) is 0 Å². The van der Waals surface area contributed by atoms with Crippen molar-refractivity contribution in [1.82, 2.24) is 14.6 Å². The third-order valence-electron chi connectivity index (χ3n) is 2.83. The van der Waals surface area contributed by atoms with Crippen molar-refractivity contribution in [2.75, 3.05) is 13.1 Å². The molecular weight excluding hydrogens is 257 g/mol. The number of hydrogen-bond donors (Lipinski definition) is 1. The van der Waals surface area contributed by atoms with Gasteiger partial charge in [0.2, 0.25) is 5.03 Å². The Labute approximate surface area is 106 Å². The second kappa shape index (κ2) is 4.91. The van der Waals surface area contributed by atoms with Gasteiger partial charge in [-0.2, -0.15) is 4.31 Å². The molecule has 0 aliphatic carbocycles. The first-order valence-electron chi connectivity index (χ1n) is 5.78. The molecule has 2 unspecified atom stereocenters. The number of piperazine rings is 1. The van der Waals surface area contributed by atoms with Crippen LogP contribution in [0.3, 0.4) is 0 Å². The highest BCUT2D eigenvalue weighted by Crippen LogP contribution is 2.19. The van der Waals surface area contributed by atoms with E-state index < -0.39 is 20.9 Å². The van der Waals surface area contributed by atoms with Gasteiger partial charge in [-0.3, -0.25) is 0 Å². The van der Waals surface area contributed by atoms with Gasteiger partial charge in [0.1, 0.15) is 0 Å². The van der Waals surface area contributed by atoms with Gasteiger partial charge in [-0.1, -0.05) is 0 Å². The Hall–Kier alpha value is -1.05. The summed E-state index contributed by atoms with van der Waals surface area (Å²) < 4.78 is 39.4. The van der Waals surface area contributed by atoms with Gasteiger partial charge < -0.3 is 5.32 Å². The van der Waals surface area contributed by atoms with E-state index in [2.05, 4.69) is 10.3 Å². The molecule has 1 N–H and O–H groups in total. The maximum absolute atomic E-state index is 13.6. The minimum atomic E-state index is -3.85. The minimum absolute atomic E-state index is 0.0373. The third-order valence-corrected chi connectivity index (χ3v) is 4.60. The second-order valence-corrected chi connectivity index (χ2v) is 6.43. The Kier molecular flexibility index (Phi) is 3.65. The van der Waals surface area contributed by atoms with Crippen molar-refractivity contribution in [3.8, 4) is 0 Å². The molecule has 7 heteroatoms. The molecule has 0 bridgehead atoms. The fraction of sp³-hybridized carbons (Fsp3) is 0.545. The maximum Gasteiger partial charge on any atom is 0.263 e. The highest BCUT2D eigenvalue weighted by atomic mass is 32.2. The molecule has 1 aromatic rings. The lowest BCUT2D eigenvalue weighted by Gasteiger charge is -2.34. The lowest BCUT2D eigenvalue weighted by Crippen LogP contribution is -2.55. The molecule has 18 heavy (non-hydrogen) atoms. The Bertz CT molecular complexity index is 525. The van der Waals surface area contributed by atoms with Crippen LogP contribution in [0.5, 0.6) is 0 Å². The van der Waals surface area contributed by atoms with Gasteiger partial charge in [0.15, 0.2) is 5.82 Å². The highest BCUT2D eigenvalue weighted by Gasteiger charge is 2.33. The molecule has 2 rings (SSSR count). The molecule has 0 spiro atoms. The Morgan fingerprint density at radius 1 is 1.39 bits per heavy atom. The molecule has 0 amide bonds. The van der Waals surface area contributed by atoms with Crippen LogP contribution in [-0.2, 0) is 10.0 Å². The van der Waals surface area contributed by atoms with Crippen molar-refractivity contribution in [3.63, 3.8) is 0 Å². The van der Waals surface area contributed by atoms with E-state index in [1.165, 1.54) is 16.6 Å². The van der Waals surface area contributed by atoms with Gasteiger partial charge in [0.05, 0.1) is 0 Å². The van der Waals surface area contributed by atoms with Crippen LogP contribution in [0.4, 0.5) is 4.39 Å². The molecule has 100 valence electrons. The molecule has 2 heterocycles. The monoisotopic (exact) mass is 273 g/mol. The van der Waals surface area contributed by atoms with E-state index in [0.717, 1.165) is 6.07 Å². The van der Waals surface area contributed by atoms with Crippen molar-refractivity contribution in [3.05, 3.63) is 24.1 Å². The topological polar surface area (TPSA) is 62.3 Å². The Morgan fingerprint density at radius 3 is 2.56 bits per heavy atom. The van der Waals surface area contributed by atoms with Crippen LogP contribution in [0.15, 0.2) is 23.4 Å². The van der Waals surface area contributed by atoms with Gasteiger partial charge in [0.25, 0.3) is 10.0 Å². The average molecular weight is 273 g/mol. The fourth-order valence-electron chi connectivity index (χ4n) is 2.16. The molecule has 0 radical (unpaired) electrons. The summed E-state index contributed by atoms with van der Waals surface area (Å²) in [5.41, 5.74) is 0. The number of sulfonamides is 1. The molecule has 1 fully saturated rings. The Balaban J connectivity index is 2.34. The van der Waals surface area contributed by atoms with E-state index in [-0.39, 0.29) is 12.1 Å². The smallest absolute Gasteiger partial charge is 0.263 e. The zero-order valence-electron chi connectivity index (χ0n) is 10.3. The third kappa shape index (κ3) is 2.52. The molecule has 1 aromatic heterocycles. The van der Waals surface area contributed by atoms with Crippen molar-refractivity contribution in [1.29, 1.82) is 0 Å². The van der Waals surface area contributed by atoms with E-state index in [4.69, 9.17) is 0 Å². The van der Waals surface area contributed by atoms with E-state index in [1.807, 2.05) is 13.8 Å². The summed E-state index contributed by atoms with van der Waals surface area (Å²) in [4.78, 5) is 3.65. The fourth-order valence-corrected chi connectivity index (χ4v) is 3.75. The van der Waals surface area contributed by atoms with Gasteiger partial charge in [-0.25, -0.2) is 17.8 Å². The first kappa shape index (κ1) is 13.4. The van der Waals surface area contributed by atoms with Crippen molar-refractivity contribution >= 4 is 10.0 Å². The summed E-state index contributed by atoms with van der Waals surface area (Å²) in [5.74, 6) is -0.809. The summed E-state index contributed by atoms with van der Waals surface area (Å²) in [7, 11) is -3.85. The summed E-state index contributed by atoms with van der Waals surface area (Å²) in [5, 5.41) is 2.73. The predicted octanol–water partition coefficient (Wildman–Crippen LogP) is 0.592. The number of nitrogens with zero attached hydrogens (tertiary/aromatic N) is 2. The zero-order valence-corrected chi connectivity index (χ0v) is 11.1. The van der Waals surface area contributed by atoms with Gasteiger partial charge in [-0.05, 0) is 26.0 Å². The molecule has 0 aromatic carbocycles. The normalized spacial score (nSPS) is 26.2. The lowest BCUT2D eigenvalue weighted by atomic mass is 10.2. The lowest BCUT2D eigenvalue weighted by molar-refractivity contribution is 0.261. The quantitative estimate of drug-likeness (QED) is 0.857. The molecule has 1 aliphatic heterocycles. The van der Waals surface area contributed by atoms with Gasteiger partial charge >= 0.3 is 0 Å². The highest BCUT2D eigenvalue weighted by molar-refractivity contribution is 7.89. The van der Waals surface area contributed by atoms with Crippen LogP contribution in [-0.4, -0.2) is 42.9 Å². The molecule has 1 saturated heterocycles. The molecule has 2 atom stereocenters. The summed E-state index contributed by atoms with van der Waals surface area (Å²) in [6, 6.07) is 2.55. The largest absolute Gasteiger partial charge is 0.309 e. The number of rotatable bonds is 2. The van der Waals surface area contributed by atoms with Crippen LogP contribution < -0.4 is 5.32 Å². The number of hydrogen-bond acceptors (Lipinski definition) is 4. The van der Waals surface area contributed by atoms with Gasteiger partial charge in [-0.15, -0.1) is 0 Å². The first-order valence-corrected chi connectivity index (χ1v) is 7.22. The van der Waals surface area contributed by atoms with Crippen molar-refractivity contribution in [2.45, 2.75) is 31.0 Å². The second-order valence-electron chi connectivity index (χ2n) is 4.58. The van der Waals surface area contributed by atoms with E-state index >= 15 is 0 Å². The summed E-state index contributed by atoms with van der Waals surface area (Å²) in [6.07, 6.45) is 1.28. The van der Waals surface area contributed by atoms with Crippen LogP contribution >= 0.6 is 0 Å². The molecular formula is C11H16FN3O2S. The number of halogens is 1. The van der Waals surface area contributed by atoms with Crippen molar-refractivity contribution < 1.29 is 12.8 Å². The van der Waals surface area contributed by atoms with E-state index in [1.54, 1.807) is 0 Å². The average Bonchev–Trinajstić information content (AvgIpc) is 2.28. The summed E-state index contributed by atoms with van der Waals surface area (Å²) >= 11 is 0. The minimum Gasteiger partial charge on any atom is -0.309 e. The van der Waals surface area contributed by atoms with Crippen LogP contribution in [0.25, 0.3) is 0 Å². The first-order chi connectivity index (χ1) is 8.41. The van der Waals surface area contributed by atoms with Gasteiger partial charge in [0, 0.05) is 31.4 Å². The molecule has 1 aliphatic rings. The zero-order chi connectivity index (χ0) is 13.3. The van der Waals surface area contributed by atoms with Crippen molar-refractivity contribution in [2.24, 2.45) is 0 Å². The predicted molar refractivity (Wildman–Crippen MR) is 65.0 cm³/mol. The van der Waals surface area contributed by atoms with E-state index in [0.29, 0.717) is 13.1 Å². The Morgan fingerprint density at radius 2 is 2.00 bits per heavy atom. The molecule has 0 saturated carbocycles. The number of aromatic nitrogens is 1. The van der Waals surface area contributed by atoms with Crippen LogP contribution in [0.1, 0.15) is 13.8 Å². The van der Waals surface area contributed by atoms with Crippen LogP contribution in [0, 0.1) is 5.82 Å². The standard InChI is InChI=1S/C11H16FN3O2S/c1-8-6-15(7-9(2)14-8)18(16,17)11-10(12)4-3-5-13-11/h3-5,8-9,14H,6-7H2,1-2H3. The van der Waals surface area contributed by atoms with E-state index in [9.17, 15) is 12.8 Å². The number of pyridine rings is 1. The number of nitrogens with one attached hydrogen (secondary N) is 1. The summed E-state index contributed by atoms with van der Waals surface area (Å²) in [6.45, 7) is 4.44.